The molecule has 0 amide bonds. The number of hydrogen-bond donors (Lipinski definition) is 0. The lowest BCUT2D eigenvalue weighted by atomic mass is 10.1. The first-order valence-corrected chi connectivity index (χ1v) is 5.21. The zero-order valence-corrected chi connectivity index (χ0v) is 9.68. The molecule has 0 N–H and O–H groups in total. The maximum absolute atomic E-state index is 10.5. The Morgan fingerprint density at radius 1 is 1.18 bits per heavy atom. The van der Waals surface area contributed by atoms with Crippen LogP contribution in [0.3, 0.4) is 0 Å². The predicted molar refractivity (Wildman–Crippen MR) is 63.4 cm³/mol. The third-order valence-electron chi connectivity index (χ3n) is 2.33. The summed E-state index contributed by atoms with van der Waals surface area (Å²) in [6.45, 7) is 3.94. The largest absolute Gasteiger partial charge is 0.424 e. The zero-order chi connectivity index (χ0) is 12.3. The Labute approximate surface area is 99.3 Å². The highest BCUT2D eigenvalue weighted by Gasteiger charge is 2.04. The van der Waals surface area contributed by atoms with Gasteiger partial charge in [-0.15, -0.1) is 0 Å². The Balaban J connectivity index is 2.24. The predicted octanol–water partition coefficient (Wildman–Crippen LogP) is 2.70. The van der Waals surface area contributed by atoms with Gasteiger partial charge in [0.05, 0.1) is 5.56 Å². The molecule has 2 rings (SSSR count). The molecule has 2 aromatic rings. The third-order valence-corrected chi connectivity index (χ3v) is 2.33. The number of aromatic nitrogens is 2. The van der Waals surface area contributed by atoms with E-state index in [0.29, 0.717) is 11.8 Å². The van der Waals surface area contributed by atoms with Crippen molar-refractivity contribution in [1.29, 1.82) is 0 Å². The third kappa shape index (κ3) is 2.66. The Bertz CT molecular complexity index is 536. The fourth-order valence-corrected chi connectivity index (χ4v) is 1.36. The van der Waals surface area contributed by atoms with Crippen molar-refractivity contribution >= 4 is 6.29 Å². The maximum Gasteiger partial charge on any atom is 0.321 e. The van der Waals surface area contributed by atoms with Crippen molar-refractivity contribution in [3.63, 3.8) is 0 Å². The van der Waals surface area contributed by atoms with Crippen molar-refractivity contribution in [3.05, 3.63) is 47.3 Å². The molecular weight excluding hydrogens is 216 g/mol. The van der Waals surface area contributed by atoms with E-state index < -0.39 is 0 Å². The number of aldehydes is 1. The lowest BCUT2D eigenvalue weighted by Gasteiger charge is -2.07. The van der Waals surface area contributed by atoms with Gasteiger partial charge in [0.1, 0.15) is 5.75 Å². The van der Waals surface area contributed by atoms with Crippen LogP contribution >= 0.6 is 0 Å². The van der Waals surface area contributed by atoms with Crippen LogP contribution in [0.25, 0.3) is 0 Å². The number of rotatable bonds is 3. The van der Waals surface area contributed by atoms with E-state index in [1.807, 2.05) is 32.0 Å². The van der Waals surface area contributed by atoms with Crippen molar-refractivity contribution in [2.24, 2.45) is 0 Å². The summed E-state index contributed by atoms with van der Waals surface area (Å²) in [5.41, 5.74) is 2.55. The average Bonchev–Trinajstić information content (AvgIpc) is 2.35. The molecule has 4 nitrogen and oxygen atoms in total. The van der Waals surface area contributed by atoms with Crippen LogP contribution in [0, 0.1) is 13.8 Å². The van der Waals surface area contributed by atoms with Gasteiger partial charge >= 0.3 is 6.01 Å². The van der Waals surface area contributed by atoms with E-state index in [4.69, 9.17) is 4.74 Å². The monoisotopic (exact) mass is 228 g/mol. The topological polar surface area (TPSA) is 52.1 Å². The number of ether oxygens (including phenoxy) is 1. The summed E-state index contributed by atoms with van der Waals surface area (Å²) in [7, 11) is 0. The Morgan fingerprint density at radius 3 is 2.53 bits per heavy atom. The van der Waals surface area contributed by atoms with E-state index in [-0.39, 0.29) is 6.01 Å². The van der Waals surface area contributed by atoms with Crippen molar-refractivity contribution in [2.45, 2.75) is 13.8 Å². The van der Waals surface area contributed by atoms with Gasteiger partial charge in [-0.3, -0.25) is 4.79 Å². The lowest BCUT2D eigenvalue weighted by molar-refractivity contribution is 0.112. The van der Waals surface area contributed by atoms with E-state index >= 15 is 0 Å². The molecule has 0 radical (unpaired) electrons. The van der Waals surface area contributed by atoms with Crippen molar-refractivity contribution in [1.82, 2.24) is 9.97 Å². The van der Waals surface area contributed by atoms with Gasteiger partial charge in [0, 0.05) is 12.4 Å². The first kappa shape index (κ1) is 11.3. The number of aryl methyl sites for hydroxylation is 2. The highest BCUT2D eigenvalue weighted by atomic mass is 16.5. The Kier molecular flexibility index (Phi) is 3.14. The smallest absolute Gasteiger partial charge is 0.321 e. The minimum Gasteiger partial charge on any atom is -0.424 e. The van der Waals surface area contributed by atoms with Crippen LogP contribution in [0.2, 0.25) is 0 Å². The van der Waals surface area contributed by atoms with Gasteiger partial charge in [0.15, 0.2) is 6.29 Å². The molecule has 0 unspecified atom stereocenters. The second-order valence-corrected chi connectivity index (χ2v) is 3.79. The summed E-state index contributed by atoms with van der Waals surface area (Å²) in [4.78, 5) is 18.4. The fraction of sp³-hybridized carbons (Fsp3) is 0.154. The first-order valence-electron chi connectivity index (χ1n) is 5.21. The summed E-state index contributed by atoms with van der Waals surface area (Å²) in [6.07, 6.45) is 3.56. The molecule has 1 aromatic heterocycles. The van der Waals surface area contributed by atoms with Gasteiger partial charge in [0.25, 0.3) is 0 Å². The molecule has 86 valence electrons. The van der Waals surface area contributed by atoms with E-state index in [1.165, 1.54) is 12.4 Å². The van der Waals surface area contributed by atoms with E-state index in [9.17, 15) is 4.79 Å². The molecule has 0 spiro atoms. The molecule has 0 saturated carbocycles. The molecule has 1 heterocycles. The second-order valence-electron chi connectivity index (χ2n) is 3.79. The number of nitrogens with zero attached hydrogens (tertiary/aromatic N) is 2. The standard InChI is InChI=1S/C13H12N2O2/c1-9-3-4-10(2)12(5-9)17-13-14-6-11(8-16)7-15-13/h3-8H,1-2H3. The Morgan fingerprint density at radius 2 is 1.88 bits per heavy atom. The molecule has 0 aliphatic heterocycles. The average molecular weight is 228 g/mol. The van der Waals surface area contributed by atoms with Crippen LogP contribution in [0.1, 0.15) is 21.5 Å². The van der Waals surface area contributed by atoms with Crippen LogP contribution in [0.5, 0.6) is 11.8 Å². The van der Waals surface area contributed by atoms with E-state index in [0.717, 1.165) is 16.9 Å². The molecule has 4 heteroatoms. The highest BCUT2D eigenvalue weighted by Crippen LogP contribution is 2.23. The molecule has 1 aromatic carbocycles. The Hall–Kier alpha value is -2.23. The van der Waals surface area contributed by atoms with E-state index in [2.05, 4.69) is 9.97 Å². The van der Waals surface area contributed by atoms with Crippen molar-refractivity contribution in [2.75, 3.05) is 0 Å². The summed E-state index contributed by atoms with van der Waals surface area (Å²) in [5.74, 6) is 0.726. The quantitative estimate of drug-likeness (QED) is 0.758. The van der Waals surface area contributed by atoms with Crippen molar-refractivity contribution in [3.8, 4) is 11.8 Å². The fourth-order valence-electron chi connectivity index (χ4n) is 1.36. The van der Waals surface area contributed by atoms with Gasteiger partial charge < -0.3 is 4.74 Å². The van der Waals surface area contributed by atoms with Gasteiger partial charge in [-0.05, 0) is 31.0 Å². The van der Waals surface area contributed by atoms with E-state index in [1.54, 1.807) is 0 Å². The van der Waals surface area contributed by atoms with Crippen LogP contribution in [0.15, 0.2) is 30.6 Å². The van der Waals surface area contributed by atoms with Gasteiger partial charge in [-0.25, -0.2) is 9.97 Å². The van der Waals surface area contributed by atoms with Gasteiger partial charge in [-0.2, -0.15) is 0 Å². The number of hydrogen-bond acceptors (Lipinski definition) is 4. The van der Waals surface area contributed by atoms with Crippen LogP contribution in [0.4, 0.5) is 0 Å². The minimum absolute atomic E-state index is 0.240. The zero-order valence-electron chi connectivity index (χ0n) is 9.68. The van der Waals surface area contributed by atoms with Crippen molar-refractivity contribution < 1.29 is 9.53 Å². The molecule has 0 saturated heterocycles. The summed E-state index contributed by atoms with van der Waals surface area (Å²) < 4.78 is 5.55. The summed E-state index contributed by atoms with van der Waals surface area (Å²) in [5, 5.41) is 0. The molecular formula is C13H12N2O2. The van der Waals surface area contributed by atoms with Crippen LogP contribution < -0.4 is 4.74 Å². The van der Waals surface area contributed by atoms with Gasteiger partial charge in [-0.1, -0.05) is 12.1 Å². The molecule has 0 bridgehead atoms. The maximum atomic E-state index is 10.5. The highest BCUT2D eigenvalue weighted by molar-refractivity contribution is 5.73. The molecule has 0 fully saturated rings. The second kappa shape index (κ2) is 4.74. The van der Waals surface area contributed by atoms with Gasteiger partial charge in [0.2, 0.25) is 0 Å². The number of benzene rings is 1. The molecule has 0 atom stereocenters. The first-order chi connectivity index (χ1) is 8.19. The molecule has 0 aliphatic rings. The molecule has 17 heavy (non-hydrogen) atoms. The SMILES string of the molecule is Cc1ccc(C)c(Oc2ncc(C=O)cn2)c1. The lowest BCUT2D eigenvalue weighted by Crippen LogP contribution is -1.95. The summed E-state index contributed by atoms with van der Waals surface area (Å²) >= 11 is 0. The normalized spacial score (nSPS) is 10.0. The van der Waals surface area contributed by atoms with Crippen LogP contribution in [-0.4, -0.2) is 16.3 Å². The minimum atomic E-state index is 0.240. The summed E-state index contributed by atoms with van der Waals surface area (Å²) in [6, 6.07) is 6.15. The number of carbonyl (C=O) groups is 1. The molecule has 0 aliphatic carbocycles. The number of carbonyl (C=O) groups excluding carboxylic acids is 1. The van der Waals surface area contributed by atoms with Crippen LogP contribution in [-0.2, 0) is 0 Å².